The van der Waals surface area contributed by atoms with E-state index >= 15 is 0 Å². The molecular formula is C17H14F3N3O3. The molecule has 0 radical (unpaired) electrons. The van der Waals surface area contributed by atoms with Crippen LogP contribution in [0.3, 0.4) is 0 Å². The Morgan fingerprint density at radius 3 is 2.62 bits per heavy atom. The molecule has 0 saturated carbocycles. The predicted octanol–water partition coefficient (Wildman–Crippen LogP) is 3.92. The fourth-order valence-corrected chi connectivity index (χ4v) is 2.39. The molecule has 6 nitrogen and oxygen atoms in total. The van der Waals surface area contributed by atoms with Crippen LogP contribution in [0.1, 0.15) is 34.6 Å². The molecule has 3 aromatic rings. The van der Waals surface area contributed by atoms with E-state index in [2.05, 4.69) is 20.2 Å². The topological polar surface area (TPSA) is 77.2 Å². The molecule has 1 atom stereocenters. The largest absolute Gasteiger partial charge is 0.573 e. The van der Waals surface area contributed by atoms with Crippen molar-refractivity contribution in [3.8, 4) is 5.75 Å². The SMILES string of the molecule is Cc1noc2ncc(C(=O)N[C@@H](C)c3ccc(OC(F)(F)F)cc3)cc12. The van der Waals surface area contributed by atoms with Gasteiger partial charge in [0.1, 0.15) is 5.75 Å². The van der Waals surface area contributed by atoms with Crippen LogP contribution in [0.25, 0.3) is 11.1 Å². The van der Waals surface area contributed by atoms with Gasteiger partial charge in [-0.15, -0.1) is 13.2 Å². The Morgan fingerprint density at radius 2 is 1.96 bits per heavy atom. The number of ether oxygens (including phenoxy) is 1. The van der Waals surface area contributed by atoms with E-state index in [9.17, 15) is 18.0 Å². The molecule has 9 heteroatoms. The third-order valence-electron chi connectivity index (χ3n) is 3.73. The van der Waals surface area contributed by atoms with Gasteiger partial charge in [0.25, 0.3) is 11.6 Å². The van der Waals surface area contributed by atoms with Gasteiger partial charge in [0.15, 0.2) is 0 Å². The first kappa shape index (κ1) is 17.7. The second-order valence-electron chi connectivity index (χ2n) is 5.66. The molecular weight excluding hydrogens is 351 g/mol. The number of amides is 1. The highest BCUT2D eigenvalue weighted by Crippen LogP contribution is 2.24. The Bertz CT molecular complexity index is 936. The second-order valence-corrected chi connectivity index (χ2v) is 5.66. The third kappa shape index (κ3) is 3.93. The number of carbonyl (C=O) groups excluding carboxylic acids is 1. The first-order valence-corrected chi connectivity index (χ1v) is 7.61. The van der Waals surface area contributed by atoms with Crippen molar-refractivity contribution in [3.05, 3.63) is 53.3 Å². The van der Waals surface area contributed by atoms with Crippen LogP contribution in [0.4, 0.5) is 13.2 Å². The van der Waals surface area contributed by atoms with Crippen molar-refractivity contribution >= 4 is 17.0 Å². The monoisotopic (exact) mass is 365 g/mol. The lowest BCUT2D eigenvalue weighted by atomic mass is 10.1. The highest BCUT2D eigenvalue weighted by Gasteiger charge is 2.31. The summed E-state index contributed by atoms with van der Waals surface area (Å²) in [6, 6.07) is 6.49. The van der Waals surface area contributed by atoms with Crippen LogP contribution in [-0.4, -0.2) is 22.4 Å². The fourth-order valence-electron chi connectivity index (χ4n) is 2.39. The van der Waals surface area contributed by atoms with E-state index in [1.807, 2.05) is 0 Å². The molecule has 3 rings (SSSR count). The van der Waals surface area contributed by atoms with E-state index in [0.29, 0.717) is 27.9 Å². The number of carbonyl (C=O) groups is 1. The van der Waals surface area contributed by atoms with Crippen molar-refractivity contribution in [3.63, 3.8) is 0 Å². The van der Waals surface area contributed by atoms with Crippen LogP contribution < -0.4 is 10.1 Å². The molecule has 0 spiro atoms. The van der Waals surface area contributed by atoms with E-state index in [-0.39, 0.29) is 11.7 Å². The maximum Gasteiger partial charge on any atom is 0.573 e. The normalized spacial score (nSPS) is 12.8. The van der Waals surface area contributed by atoms with Gasteiger partial charge in [-0.3, -0.25) is 4.79 Å². The summed E-state index contributed by atoms with van der Waals surface area (Å²) in [5, 5.41) is 7.18. The number of halogens is 3. The van der Waals surface area contributed by atoms with Crippen molar-refractivity contribution < 1.29 is 27.2 Å². The van der Waals surface area contributed by atoms with Gasteiger partial charge in [0.05, 0.1) is 22.7 Å². The van der Waals surface area contributed by atoms with Gasteiger partial charge in [-0.2, -0.15) is 0 Å². The molecule has 1 amide bonds. The molecule has 0 bridgehead atoms. The molecule has 2 aromatic heterocycles. The summed E-state index contributed by atoms with van der Waals surface area (Å²) < 4.78 is 45.4. The molecule has 136 valence electrons. The molecule has 2 heterocycles. The molecule has 0 aliphatic rings. The molecule has 0 aliphatic heterocycles. The van der Waals surface area contributed by atoms with Crippen molar-refractivity contribution in [2.45, 2.75) is 26.3 Å². The zero-order valence-corrected chi connectivity index (χ0v) is 13.8. The van der Waals surface area contributed by atoms with Gasteiger partial charge in [0, 0.05) is 6.20 Å². The lowest BCUT2D eigenvalue weighted by Gasteiger charge is -2.15. The smallest absolute Gasteiger partial charge is 0.406 e. The van der Waals surface area contributed by atoms with Crippen LogP contribution >= 0.6 is 0 Å². The maximum absolute atomic E-state index is 12.4. The van der Waals surface area contributed by atoms with E-state index in [1.54, 1.807) is 19.9 Å². The molecule has 0 unspecified atom stereocenters. The van der Waals surface area contributed by atoms with Gasteiger partial charge < -0.3 is 14.6 Å². The summed E-state index contributed by atoms with van der Waals surface area (Å²) in [6.07, 6.45) is -3.37. The highest BCUT2D eigenvalue weighted by atomic mass is 19.4. The number of aryl methyl sites for hydroxylation is 1. The van der Waals surface area contributed by atoms with Gasteiger partial charge in [-0.05, 0) is 37.6 Å². The lowest BCUT2D eigenvalue weighted by Crippen LogP contribution is -2.26. The zero-order valence-electron chi connectivity index (χ0n) is 13.8. The number of benzene rings is 1. The molecule has 0 aliphatic carbocycles. The first-order valence-electron chi connectivity index (χ1n) is 7.61. The number of fused-ring (bicyclic) bond motifs is 1. The summed E-state index contributed by atoms with van der Waals surface area (Å²) in [5.74, 6) is -0.694. The van der Waals surface area contributed by atoms with E-state index in [0.717, 1.165) is 0 Å². The van der Waals surface area contributed by atoms with Crippen LogP contribution in [0.5, 0.6) is 5.75 Å². The summed E-state index contributed by atoms with van der Waals surface area (Å²) in [7, 11) is 0. The minimum absolute atomic E-state index is 0.322. The summed E-state index contributed by atoms with van der Waals surface area (Å²) in [4.78, 5) is 16.4. The molecule has 1 aromatic carbocycles. The van der Waals surface area contributed by atoms with Crippen molar-refractivity contribution in [1.82, 2.24) is 15.5 Å². The third-order valence-corrected chi connectivity index (χ3v) is 3.73. The summed E-state index contributed by atoms with van der Waals surface area (Å²) >= 11 is 0. The van der Waals surface area contributed by atoms with Crippen LogP contribution in [-0.2, 0) is 0 Å². The van der Waals surface area contributed by atoms with Crippen LogP contribution in [0, 0.1) is 6.92 Å². The van der Waals surface area contributed by atoms with Crippen molar-refractivity contribution in [1.29, 1.82) is 0 Å². The summed E-state index contributed by atoms with van der Waals surface area (Å²) in [6.45, 7) is 3.45. The number of rotatable bonds is 4. The standard InChI is InChI=1S/C17H14F3N3O3/c1-9(11-3-5-13(6-4-11)25-17(18,19)20)22-15(24)12-7-14-10(2)23-26-16(14)21-8-12/h3-9H,1-2H3,(H,22,24)/t9-/m0/s1. The van der Waals surface area contributed by atoms with E-state index in [1.165, 1.54) is 30.5 Å². The number of nitrogens with zero attached hydrogens (tertiary/aromatic N) is 2. The minimum Gasteiger partial charge on any atom is -0.406 e. The molecule has 26 heavy (non-hydrogen) atoms. The van der Waals surface area contributed by atoms with Crippen LogP contribution in [0.2, 0.25) is 0 Å². The Hall–Kier alpha value is -3.10. The number of pyridine rings is 1. The number of nitrogens with one attached hydrogen (secondary N) is 1. The lowest BCUT2D eigenvalue weighted by molar-refractivity contribution is -0.274. The van der Waals surface area contributed by atoms with Gasteiger partial charge in [-0.25, -0.2) is 4.98 Å². The van der Waals surface area contributed by atoms with Gasteiger partial charge in [0.2, 0.25) is 0 Å². The Morgan fingerprint density at radius 1 is 1.27 bits per heavy atom. The number of aromatic nitrogens is 2. The van der Waals surface area contributed by atoms with Crippen LogP contribution in [0.15, 0.2) is 41.1 Å². The Labute approximate surface area is 146 Å². The number of alkyl halides is 3. The summed E-state index contributed by atoms with van der Waals surface area (Å²) in [5.41, 5.74) is 1.92. The average molecular weight is 365 g/mol. The first-order chi connectivity index (χ1) is 12.2. The minimum atomic E-state index is -4.74. The second kappa shape index (κ2) is 6.66. The number of hydrogen-bond donors (Lipinski definition) is 1. The predicted molar refractivity (Wildman–Crippen MR) is 85.5 cm³/mol. The zero-order chi connectivity index (χ0) is 18.9. The highest BCUT2D eigenvalue weighted by molar-refractivity contribution is 5.97. The van der Waals surface area contributed by atoms with Crippen molar-refractivity contribution in [2.24, 2.45) is 0 Å². The Kier molecular flexibility index (Phi) is 4.54. The molecule has 0 saturated heterocycles. The quantitative estimate of drug-likeness (QED) is 0.758. The van der Waals surface area contributed by atoms with Gasteiger partial charge in [-0.1, -0.05) is 17.3 Å². The van der Waals surface area contributed by atoms with Crippen molar-refractivity contribution in [2.75, 3.05) is 0 Å². The molecule has 0 fully saturated rings. The Balaban J connectivity index is 1.70. The van der Waals surface area contributed by atoms with E-state index < -0.39 is 12.4 Å². The maximum atomic E-state index is 12.4. The average Bonchev–Trinajstić information content (AvgIpc) is 2.94. The number of hydrogen-bond acceptors (Lipinski definition) is 5. The molecule has 1 N–H and O–H groups in total. The van der Waals surface area contributed by atoms with E-state index in [4.69, 9.17) is 4.52 Å². The van der Waals surface area contributed by atoms with Gasteiger partial charge >= 0.3 is 6.36 Å². The fraction of sp³-hybridized carbons (Fsp3) is 0.235.